The Bertz CT molecular complexity index is 813. The van der Waals surface area contributed by atoms with Crippen LogP contribution in [0.2, 0.25) is 0 Å². The number of hydrogen-bond acceptors (Lipinski definition) is 4. The van der Waals surface area contributed by atoms with Gasteiger partial charge in [-0.15, -0.1) is 0 Å². The van der Waals surface area contributed by atoms with E-state index in [1.165, 1.54) is 37.4 Å². The van der Waals surface area contributed by atoms with E-state index < -0.39 is 5.82 Å². The number of amides is 1. The third-order valence-electron chi connectivity index (χ3n) is 4.05. The summed E-state index contributed by atoms with van der Waals surface area (Å²) >= 11 is 0. The molecule has 1 fully saturated rings. The summed E-state index contributed by atoms with van der Waals surface area (Å²) in [6, 6.07) is 6.97. The minimum absolute atomic E-state index is 0.101. The number of benzene rings is 1. The number of likely N-dealkylation sites (tertiary alicyclic amines) is 1. The second kappa shape index (κ2) is 6.82. The van der Waals surface area contributed by atoms with Crippen LogP contribution in [0.4, 0.5) is 4.39 Å². The van der Waals surface area contributed by atoms with Crippen LogP contribution in [0.15, 0.2) is 35.1 Å². The fourth-order valence-corrected chi connectivity index (χ4v) is 2.78. The van der Waals surface area contributed by atoms with Crippen molar-refractivity contribution in [2.45, 2.75) is 19.4 Å². The van der Waals surface area contributed by atoms with Crippen molar-refractivity contribution in [2.24, 2.45) is 0 Å². The van der Waals surface area contributed by atoms with E-state index in [-0.39, 0.29) is 18.0 Å². The van der Waals surface area contributed by atoms with Crippen LogP contribution in [-0.2, 0) is 11.3 Å². The highest BCUT2D eigenvalue weighted by Gasteiger charge is 2.19. The van der Waals surface area contributed by atoms with Crippen molar-refractivity contribution in [1.29, 1.82) is 0 Å². The summed E-state index contributed by atoms with van der Waals surface area (Å²) in [5.41, 5.74) is 0.648. The summed E-state index contributed by atoms with van der Waals surface area (Å²) < 4.78 is 19.6. The Morgan fingerprint density at radius 2 is 2.00 bits per heavy atom. The molecule has 0 N–H and O–H groups in total. The first-order chi connectivity index (χ1) is 11.6. The number of carbonyl (C=O) groups excluding carboxylic acids is 1. The molecule has 0 spiro atoms. The summed E-state index contributed by atoms with van der Waals surface area (Å²) in [6.45, 7) is 1.34. The number of methoxy groups -OCH3 is 1. The molecule has 1 aliphatic rings. The van der Waals surface area contributed by atoms with Gasteiger partial charge in [-0.1, -0.05) is 0 Å². The second-order valence-corrected chi connectivity index (χ2v) is 5.65. The predicted molar refractivity (Wildman–Crippen MR) is 86.3 cm³/mol. The van der Waals surface area contributed by atoms with Crippen LogP contribution in [0.25, 0.3) is 11.3 Å². The molecule has 0 radical (unpaired) electrons. The molecule has 2 aromatic rings. The van der Waals surface area contributed by atoms with Gasteiger partial charge in [-0.25, -0.2) is 9.07 Å². The topological polar surface area (TPSA) is 64.4 Å². The van der Waals surface area contributed by atoms with E-state index in [1.54, 1.807) is 4.90 Å². The Hall–Kier alpha value is -2.70. The summed E-state index contributed by atoms with van der Waals surface area (Å²) in [4.78, 5) is 26.0. The lowest BCUT2D eigenvalue weighted by molar-refractivity contribution is -0.131. The standard InChI is InChI=1S/C17H18FN3O3/c1-24-15-10-12(18)4-5-13(15)14-6-7-16(22)21(19-14)11-17(23)20-8-2-3-9-20/h4-7,10H,2-3,8-9,11H2,1H3. The maximum absolute atomic E-state index is 13.3. The molecule has 1 aromatic carbocycles. The molecular weight excluding hydrogens is 313 g/mol. The molecule has 2 heterocycles. The van der Waals surface area contributed by atoms with E-state index >= 15 is 0 Å². The Labute approximate surface area is 138 Å². The van der Waals surface area contributed by atoms with Crippen LogP contribution in [0.5, 0.6) is 5.75 Å². The molecule has 0 aliphatic carbocycles. The van der Waals surface area contributed by atoms with Crippen molar-refractivity contribution in [3.8, 4) is 17.0 Å². The van der Waals surface area contributed by atoms with E-state index in [0.29, 0.717) is 17.0 Å². The van der Waals surface area contributed by atoms with Crippen LogP contribution in [0.3, 0.4) is 0 Å². The van der Waals surface area contributed by atoms with E-state index in [2.05, 4.69) is 5.10 Å². The van der Waals surface area contributed by atoms with Crippen LogP contribution in [0.1, 0.15) is 12.8 Å². The largest absolute Gasteiger partial charge is 0.496 e. The number of aromatic nitrogens is 2. The molecule has 1 amide bonds. The molecule has 24 heavy (non-hydrogen) atoms. The number of halogens is 1. The van der Waals surface area contributed by atoms with Crippen LogP contribution >= 0.6 is 0 Å². The van der Waals surface area contributed by atoms with E-state index in [9.17, 15) is 14.0 Å². The maximum Gasteiger partial charge on any atom is 0.267 e. The van der Waals surface area contributed by atoms with Gasteiger partial charge >= 0.3 is 0 Å². The van der Waals surface area contributed by atoms with Gasteiger partial charge in [0.1, 0.15) is 18.1 Å². The van der Waals surface area contributed by atoms with Crippen LogP contribution in [-0.4, -0.2) is 40.8 Å². The van der Waals surface area contributed by atoms with Crippen molar-refractivity contribution in [2.75, 3.05) is 20.2 Å². The molecule has 6 nitrogen and oxygen atoms in total. The van der Waals surface area contributed by atoms with E-state index in [0.717, 1.165) is 30.6 Å². The summed E-state index contributed by atoms with van der Waals surface area (Å²) in [5, 5.41) is 4.25. The Morgan fingerprint density at radius 3 is 2.71 bits per heavy atom. The fourth-order valence-electron chi connectivity index (χ4n) is 2.78. The Kier molecular flexibility index (Phi) is 4.59. The zero-order valence-corrected chi connectivity index (χ0v) is 13.4. The van der Waals surface area contributed by atoms with Crippen molar-refractivity contribution in [1.82, 2.24) is 14.7 Å². The number of hydrogen-bond donors (Lipinski definition) is 0. The molecule has 7 heteroatoms. The third-order valence-corrected chi connectivity index (χ3v) is 4.05. The number of nitrogens with zero attached hydrogens (tertiary/aromatic N) is 3. The number of rotatable bonds is 4. The van der Waals surface area contributed by atoms with Gasteiger partial charge in [0.25, 0.3) is 5.56 Å². The molecule has 1 aromatic heterocycles. The van der Waals surface area contributed by atoms with Gasteiger partial charge in [0, 0.05) is 30.8 Å². The molecular formula is C17H18FN3O3. The van der Waals surface area contributed by atoms with Gasteiger partial charge < -0.3 is 9.64 Å². The highest BCUT2D eigenvalue weighted by atomic mass is 19.1. The smallest absolute Gasteiger partial charge is 0.267 e. The zero-order valence-electron chi connectivity index (χ0n) is 13.4. The monoisotopic (exact) mass is 331 g/mol. The zero-order chi connectivity index (χ0) is 17.1. The van der Waals surface area contributed by atoms with Gasteiger partial charge in [-0.2, -0.15) is 5.10 Å². The SMILES string of the molecule is COc1cc(F)ccc1-c1ccc(=O)n(CC(=O)N2CCCC2)n1. The maximum atomic E-state index is 13.3. The molecule has 0 unspecified atom stereocenters. The van der Waals surface area contributed by atoms with Crippen molar-refractivity contribution in [3.05, 3.63) is 46.5 Å². The van der Waals surface area contributed by atoms with Crippen molar-refractivity contribution >= 4 is 5.91 Å². The van der Waals surface area contributed by atoms with Crippen LogP contribution in [0, 0.1) is 5.82 Å². The molecule has 126 valence electrons. The van der Waals surface area contributed by atoms with Crippen molar-refractivity contribution < 1.29 is 13.9 Å². The number of carbonyl (C=O) groups is 1. The first kappa shape index (κ1) is 16.2. The summed E-state index contributed by atoms with van der Waals surface area (Å²) in [7, 11) is 1.44. The highest BCUT2D eigenvalue weighted by molar-refractivity contribution is 5.76. The first-order valence-electron chi connectivity index (χ1n) is 7.78. The molecule has 1 saturated heterocycles. The lowest BCUT2D eigenvalue weighted by Crippen LogP contribution is -2.35. The molecule has 0 atom stereocenters. The quantitative estimate of drug-likeness (QED) is 0.855. The average Bonchev–Trinajstić information content (AvgIpc) is 3.11. The van der Waals surface area contributed by atoms with Gasteiger partial charge in [0.2, 0.25) is 5.91 Å². The van der Waals surface area contributed by atoms with E-state index in [4.69, 9.17) is 4.74 Å². The molecule has 0 bridgehead atoms. The van der Waals surface area contributed by atoms with Gasteiger partial charge in [0.05, 0.1) is 12.8 Å². The third kappa shape index (κ3) is 3.29. The van der Waals surface area contributed by atoms with Crippen molar-refractivity contribution in [3.63, 3.8) is 0 Å². The second-order valence-electron chi connectivity index (χ2n) is 5.65. The van der Waals surface area contributed by atoms with Gasteiger partial charge in [-0.3, -0.25) is 9.59 Å². The summed E-state index contributed by atoms with van der Waals surface area (Å²) in [6.07, 6.45) is 1.97. The highest BCUT2D eigenvalue weighted by Crippen LogP contribution is 2.28. The fraction of sp³-hybridized carbons (Fsp3) is 0.353. The Balaban J connectivity index is 1.91. The van der Waals surface area contributed by atoms with E-state index in [1.807, 2.05) is 0 Å². The van der Waals surface area contributed by atoms with Crippen LogP contribution < -0.4 is 10.3 Å². The first-order valence-corrected chi connectivity index (χ1v) is 7.78. The molecule has 1 aliphatic heterocycles. The number of ether oxygens (including phenoxy) is 1. The lowest BCUT2D eigenvalue weighted by Gasteiger charge is -2.16. The Morgan fingerprint density at radius 1 is 1.25 bits per heavy atom. The minimum Gasteiger partial charge on any atom is -0.496 e. The summed E-state index contributed by atoms with van der Waals surface area (Å²) in [5.74, 6) is -0.225. The van der Waals surface area contributed by atoms with Gasteiger partial charge in [-0.05, 0) is 31.0 Å². The molecule has 3 rings (SSSR count). The minimum atomic E-state index is -0.423. The predicted octanol–water partition coefficient (Wildman–Crippen LogP) is 1.68. The average molecular weight is 331 g/mol. The van der Waals surface area contributed by atoms with Gasteiger partial charge in [0.15, 0.2) is 0 Å². The lowest BCUT2D eigenvalue weighted by atomic mass is 10.1. The normalized spacial score (nSPS) is 14.0. The molecule has 0 saturated carbocycles.